The van der Waals surface area contributed by atoms with Crippen molar-refractivity contribution in [2.75, 3.05) is 13.0 Å². The number of fused-ring (bicyclic) bond motifs is 1. The number of hydrogen-bond donors (Lipinski definition) is 0. The molecule has 0 saturated carbocycles. The number of ether oxygens (including phenoxy) is 1. The number of nitrogens with zero attached hydrogens (tertiary/aromatic N) is 3. The van der Waals surface area contributed by atoms with Gasteiger partial charge >= 0.3 is 0 Å². The van der Waals surface area contributed by atoms with Crippen LogP contribution in [0.1, 0.15) is 5.82 Å². The summed E-state index contributed by atoms with van der Waals surface area (Å²) in [7, 11) is 1.44. The Morgan fingerprint density at radius 1 is 1.33 bits per heavy atom. The Hall–Kier alpha value is -2.14. The van der Waals surface area contributed by atoms with Crippen molar-refractivity contribution in [1.29, 1.82) is 0 Å². The Bertz CT molecular complexity index is 788. The van der Waals surface area contributed by atoms with Gasteiger partial charge in [-0.05, 0) is 18.2 Å². The molecule has 6 heteroatoms. The second kappa shape index (κ2) is 5.69. The van der Waals surface area contributed by atoms with Crippen molar-refractivity contribution in [3.63, 3.8) is 0 Å². The Balaban J connectivity index is 2.22. The lowest BCUT2D eigenvalue weighted by atomic mass is 10.2. The van der Waals surface area contributed by atoms with E-state index < -0.39 is 5.82 Å². The lowest BCUT2D eigenvalue weighted by molar-refractivity contribution is 0.386. The third kappa shape index (κ3) is 2.45. The number of halogens is 2. The van der Waals surface area contributed by atoms with Crippen LogP contribution in [0.2, 0.25) is 0 Å². The Morgan fingerprint density at radius 2 is 2.19 bits per heavy atom. The van der Waals surface area contributed by atoms with E-state index in [0.29, 0.717) is 18.0 Å². The number of aromatic nitrogens is 3. The van der Waals surface area contributed by atoms with Crippen LogP contribution in [0.15, 0.2) is 36.7 Å². The van der Waals surface area contributed by atoms with Crippen molar-refractivity contribution in [1.82, 2.24) is 14.5 Å². The average Bonchev–Trinajstić information content (AvgIpc) is 2.85. The number of rotatable bonds is 4. The normalized spacial score (nSPS) is 11.0. The van der Waals surface area contributed by atoms with Gasteiger partial charge in [-0.1, -0.05) is 0 Å². The van der Waals surface area contributed by atoms with Crippen LogP contribution in [0.5, 0.6) is 5.75 Å². The standard InChI is InChI=1S/C15H13ClFN3O/c1-21-14-3-2-10(8-11(14)17)20-13-5-7-18-9-12(13)19-15(20)4-6-16/h2-3,5,7-9H,4,6H2,1H3. The minimum Gasteiger partial charge on any atom is -0.494 e. The molecule has 4 nitrogen and oxygen atoms in total. The summed E-state index contributed by atoms with van der Waals surface area (Å²) >= 11 is 5.84. The predicted octanol–water partition coefficient (Wildman–Crippen LogP) is 3.35. The third-order valence-electron chi connectivity index (χ3n) is 3.24. The molecule has 0 bridgehead atoms. The highest BCUT2D eigenvalue weighted by atomic mass is 35.5. The Morgan fingerprint density at radius 3 is 2.90 bits per heavy atom. The zero-order valence-electron chi connectivity index (χ0n) is 11.4. The molecule has 0 aliphatic rings. The molecule has 1 aromatic carbocycles. The van der Waals surface area contributed by atoms with E-state index in [1.807, 2.05) is 10.6 Å². The van der Waals surface area contributed by atoms with Crippen LogP contribution in [-0.4, -0.2) is 27.5 Å². The molecule has 0 radical (unpaired) electrons. The molecule has 2 aromatic heterocycles. The second-order valence-electron chi connectivity index (χ2n) is 4.49. The molecular weight excluding hydrogens is 293 g/mol. The van der Waals surface area contributed by atoms with E-state index in [1.54, 1.807) is 24.5 Å². The molecule has 2 heterocycles. The summed E-state index contributed by atoms with van der Waals surface area (Å²) in [5, 5.41) is 0. The second-order valence-corrected chi connectivity index (χ2v) is 4.86. The maximum Gasteiger partial charge on any atom is 0.167 e. The molecule has 0 aliphatic carbocycles. The van der Waals surface area contributed by atoms with Crippen LogP contribution in [0.3, 0.4) is 0 Å². The molecular formula is C15H13ClFN3O. The van der Waals surface area contributed by atoms with Crippen LogP contribution in [0.25, 0.3) is 16.7 Å². The van der Waals surface area contributed by atoms with Gasteiger partial charge in [0.05, 0.1) is 24.5 Å². The monoisotopic (exact) mass is 305 g/mol. The van der Waals surface area contributed by atoms with Crippen LogP contribution in [0, 0.1) is 5.82 Å². The van der Waals surface area contributed by atoms with Crippen LogP contribution in [0.4, 0.5) is 4.39 Å². The highest BCUT2D eigenvalue weighted by molar-refractivity contribution is 6.17. The van der Waals surface area contributed by atoms with E-state index in [4.69, 9.17) is 16.3 Å². The van der Waals surface area contributed by atoms with Gasteiger partial charge in [0.2, 0.25) is 0 Å². The van der Waals surface area contributed by atoms with Gasteiger partial charge in [-0.3, -0.25) is 9.55 Å². The van der Waals surface area contributed by atoms with E-state index in [9.17, 15) is 4.39 Å². The molecule has 0 spiro atoms. The fourth-order valence-electron chi connectivity index (χ4n) is 2.32. The van der Waals surface area contributed by atoms with E-state index in [2.05, 4.69) is 9.97 Å². The summed E-state index contributed by atoms with van der Waals surface area (Å²) in [5.41, 5.74) is 2.31. The number of methoxy groups -OCH3 is 1. The summed E-state index contributed by atoms with van der Waals surface area (Å²) in [4.78, 5) is 8.58. The van der Waals surface area contributed by atoms with Gasteiger partial charge in [0.25, 0.3) is 0 Å². The number of aryl methyl sites for hydroxylation is 1. The lowest BCUT2D eigenvalue weighted by Gasteiger charge is -2.10. The number of alkyl halides is 1. The van der Waals surface area contributed by atoms with Crippen molar-refractivity contribution < 1.29 is 9.13 Å². The van der Waals surface area contributed by atoms with Crippen molar-refractivity contribution in [3.05, 3.63) is 48.3 Å². The summed E-state index contributed by atoms with van der Waals surface area (Å²) in [6, 6.07) is 6.67. The van der Waals surface area contributed by atoms with Crippen LogP contribution >= 0.6 is 11.6 Å². The third-order valence-corrected chi connectivity index (χ3v) is 3.43. The summed E-state index contributed by atoms with van der Waals surface area (Å²) < 4.78 is 20.8. The Kier molecular flexibility index (Phi) is 3.75. The van der Waals surface area contributed by atoms with Gasteiger partial charge in [-0.25, -0.2) is 9.37 Å². The highest BCUT2D eigenvalue weighted by Crippen LogP contribution is 2.25. The number of benzene rings is 1. The van der Waals surface area contributed by atoms with Crippen molar-refractivity contribution in [2.45, 2.75) is 6.42 Å². The van der Waals surface area contributed by atoms with Crippen molar-refractivity contribution in [2.24, 2.45) is 0 Å². The SMILES string of the molecule is COc1ccc(-n2c(CCCl)nc3cnccc32)cc1F. The Labute approximate surface area is 126 Å². The topological polar surface area (TPSA) is 39.9 Å². The van der Waals surface area contributed by atoms with E-state index in [1.165, 1.54) is 13.2 Å². The van der Waals surface area contributed by atoms with Crippen molar-refractivity contribution >= 4 is 22.6 Å². The number of hydrogen-bond acceptors (Lipinski definition) is 3. The van der Waals surface area contributed by atoms with E-state index in [0.717, 1.165) is 16.9 Å². The molecule has 0 aliphatic heterocycles. The van der Waals surface area contributed by atoms with Gasteiger partial charge in [0.15, 0.2) is 11.6 Å². The van der Waals surface area contributed by atoms with Gasteiger partial charge < -0.3 is 4.74 Å². The number of imidazole rings is 1. The fourth-order valence-corrected chi connectivity index (χ4v) is 2.49. The highest BCUT2D eigenvalue weighted by Gasteiger charge is 2.13. The fraction of sp³-hybridized carbons (Fsp3) is 0.200. The van der Waals surface area contributed by atoms with E-state index in [-0.39, 0.29) is 5.75 Å². The molecule has 3 aromatic rings. The average molecular weight is 306 g/mol. The van der Waals surface area contributed by atoms with Gasteiger partial charge in [0, 0.05) is 24.6 Å². The molecule has 3 rings (SSSR count). The molecule has 21 heavy (non-hydrogen) atoms. The molecule has 0 amide bonds. The first-order chi connectivity index (χ1) is 10.2. The molecule has 108 valence electrons. The zero-order chi connectivity index (χ0) is 14.8. The van der Waals surface area contributed by atoms with Gasteiger partial charge in [-0.15, -0.1) is 11.6 Å². The van der Waals surface area contributed by atoms with Crippen LogP contribution < -0.4 is 4.74 Å². The van der Waals surface area contributed by atoms with Gasteiger partial charge in [0.1, 0.15) is 11.3 Å². The minimum absolute atomic E-state index is 0.212. The minimum atomic E-state index is -0.414. The van der Waals surface area contributed by atoms with E-state index >= 15 is 0 Å². The number of pyridine rings is 1. The zero-order valence-corrected chi connectivity index (χ0v) is 12.1. The first kappa shape index (κ1) is 13.8. The first-order valence-corrected chi connectivity index (χ1v) is 6.99. The van der Waals surface area contributed by atoms with Crippen molar-refractivity contribution in [3.8, 4) is 11.4 Å². The van der Waals surface area contributed by atoms with Crippen LogP contribution in [-0.2, 0) is 6.42 Å². The first-order valence-electron chi connectivity index (χ1n) is 6.46. The molecule has 0 saturated heterocycles. The molecule has 0 atom stereocenters. The summed E-state index contributed by atoms with van der Waals surface area (Å²) in [6.45, 7) is 0. The smallest absolute Gasteiger partial charge is 0.167 e. The van der Waals surface area contributed by atoms with Gasteiger partial charge in [-0.2, -0.15) is 0 Å². The molecule has 0 fully saturated rings. The summed E-state index contributed by atoms with van der Waals surface area (Å²) in [5.74, 6) is 1.01. The predicted molar refractivity (Wildman–Crippen MR) is 79.8 cm³/mol. The summed E-state index contributed by atoms with van der Waals surface area (Å²) in [6.07, 6.45) is 3.96. The lowest BCUT2D eigenvalue weighted by Crippen LogP contribution is -2.03. The quantitative estimate of drug-likeness (QED) is 0.694. The maximum atomic E-state index is 14.0. The largest absolute Gasteiger partial charge is 0.494 e. The molecule has 0 unspecified atom stereocenters. The molecule has 0 N–H and O–H groups in total. The maximum absolute atomic E-state index is 14.0.